The summed E-state index contributed by atoms with van der Waals surface area (Å²) in [6, 6.07) is 4.63. The van der Waals surface area contributed by atoms with E-state index in [4.69, 9.17) is 10.5 Å². The topological polar surface area (TPSA) is 35.2 Å². The van der Waals surface area contributed by atoms with Gasteiger partial charge in [-0.05, 0) is 55.7 Å². The molecular formula is C18H26FNO. The first-order valence-corrected chi connectivity index (χ1v) is 8.23. The molecule has 21 heavy (non-hydrogen) atoms. The smallest absolute Gasteiger partial charge is 0.125 e. The van der Waals surface area contributed by atoms with E-state index in [2.05, 4.69) is 13.8 Å². The van der Waals surface area contributed by atoms with Gasteiger partial charge in [0.1, 0.15) is 17.2 Å². The predicted molar refractivity (Wildman–Crippen MR) is 82.7 cm³/mol. The first-order chi connectivity index (χ1) is 9.99. The highest BCUT2D eigenvalue weighted by molar-refractivity contribution is 5.39. The summed E-state index contributed by atoms with van der Waals surface area (Å²) in [5, 5.41) is 0. The molecule has 1 spiro atoms. The van der Waals surface area contributed by atoms with Gasteiger partial charge in [0.25, 0.3) is 0 Å². The summed E-state index contributed by atoms with van der Waals surface area (Å²) in [6.45, 7) is 4.63. The van der Waals surface area contributed by atoms with Crippen LogP contribution in [0.25, 0.3) is 0 Å². The van der Waals surface area contributed by atoms with Gasteiger partial charge in [-0.15, -0.1) is 0 Å². The van der Waals surface area contributed by atoms with Crippen molar-refractivity contribution in [2.75, 3.05) is 0 Å². The number of rotatable bonds is 1. The average molecular weight is 291 g/mol. The predicted octanol–water partition coefficient (Wildman–Crippen LogP) is 4.58. The van der Waals surface area contributed by atoms with Gasteiger partial charge >= 0.3 is 0 Å². The molecule has 0 amide bonds. The van der Waals surface area contributed by atoms with E-state index in [1.54, 1.807) is 6.07 Å². The van der Waals surface area contributed by atoms with Crippen molar-refractivity contribution in [1.82, 2.24) is 0 Å². The van der Waals surface area contributed by atoms with Gasteiger partial charge in [0.2, 0.25) is 0 Å². The third-order valence-corrected chi connectivity index (χ3v) is 5.41. The second kappa shape index (κ2) is 5.60. The standard InChI is InChI=1S/C18H26FNO/c1-12(2)13-4-3-8-18(9-7-13)11-16(20)15-10-14(19)5-6-17(15)21-18/h5-6,10,12-13,16H,3-4,7-9,11,20H2,1-2H3/t13?,16-,18?/m1/s1. The largest absolute Gasteiger partial charge is 0.487 e. The molecule has 2 aliphatic rings. The molecule has 1 heterocycles. The van der Waals surface area contributed by atoms with Gasteiger partial charge in [-0.1, -0.05) is 20.3 Å². The van der Waals surface area contributed by atoms with E-state index in [9.17, 15) is 4.39 Å². The summed E-state index contributed by atoms with van der Waals surface area (Å²) in [5.74, 6) is 2.08. The molecule has 2 nitrogen and oxygen atoms in total. The van der Waals surface area contributed by atoms with E-state index < -0.39 is 0 Å². The zero-order valence-corrected chi connectivity index (χ0v) is 13.1. The fraction of sp³-hybridized carbons (Fsp3) is 0.667. The lowest BCUT2D eigenvalue weighted by molar-refractivity contribution is 0.0197. The summed E-state index contributed by atoms with van der Waals surface area (Å²) in [7, 11) is 0. The van der Waals surface area contributed by atoms with Crippen LogP contribution in [-0.2, 0) is 0 Å². The fourth-order valence-corrected chi connectivity index (χ4v) is 4.06. The average Bonchev–Trinajstić information content (AvgIpc) is 2.63. The number of benzene rings is 1. The van der Waals surface area contributed by atoms with Gasteiger partial charge in [0.05, 0.1) is 0 Å². The second-order valence-electron chi connectivity index (χ2n) is 7.21. The van der Waals surface area contributed by atoms with Crippen LogP contribution in [0.4, 0.5) is 4.39 Å². The van der Waals surface area contributed by atoms with Gasteiger partial charge in [0.15, 0.2) is 0 Å². The second-order valence-corrected chi connectivity index (χ2v) is 7.21. The molecule has 2 N–H and O–H groups in total. The number of ether oxygens (including phenoxy) is 1. The molecule has 0 radical (unpaired) electrons. The van der Waals surface area contributed by atoms with Crippen molar-refractivity contribution in [1.29, 1.82) is 0 Å². The van der Waals surface area contributed by atoms with Crippen molar-refractivity contribution in [3.8, 4) is 5.75 Å². The lowest BCUT2D eigenvalue weighted by atomic mass is 9.81. The Morgan fingerprint density at radius 3 is 2.86 bits per heavy atom. The molecule has 1 aromatic rings. The Morgan fingerprint density at radius 1 is 1.29 bits per heavy atom. The highest BCUT2D eigenvalue weighted by Crippen LogP contribution is 2.46. The number of hydrogen-bond acceptors (Lipinski definition) is 2. The first kappa shape index (κ1) is 14.8. The van der Waals surface area contributed by atoms with E-state index in [0.717, 1.165) is 42.4 Å². The van der Waals surface area contributed by atoms with Gasteiger partial charge in [-0.3, -0.25) is 0 Å². The highest BCUT2D eigenvalue weighted by Gasteiger charge is 2.41. The number of halogens is 1. The van der Waals surface area contributed by atoms with E-state index in [-0.39, 0.29) is 17.5 Å². The summed E-state index contributed by atoms with van der Waals surface area (Å²) in [4.78, 5) is 0. The van der Waals surface area contributed by atoms with Crippen molar-refractivity contribution in [2.45, 2.75) is 64.0 Å². The van der Waals surface area contributed by atoms with Gasteiger partial charge in [-0.25, -0.2) is 4.39 Å². The lowest BCUT2D eigenvalue weighted by Crippen LogP contribution is -2.42. The molecule has 1 fully saturated rings. The zero-order valence-electron chi connectivity index (χ0n) is 13.1. The molecule has 1 aromatic carbocycles. The van der Waals surface area contributed by atoms with Crippen molar-refractivity contribution < 1.29 is 9.13 Å². The zero-order chi connectivity index (χ0) is 15.0. The summed E-state index contributed by atoms with van der Waals surface area (Å²) < 4.78 is 19.7. The fourth-order valence-electron chi connectivity index (χ4n) is 4.06. The Bertz CT molecular complexity index is 516. The van der Waals surface area contributed by atoms with Gasteiger partial charge in [-0.2, -0.15) is 0 Å². The molecule has 3 atom stereocenters. The Kier molecular flexibility index (Phi) is 3.96. The minimum atomic E-state index is -0.232. The minimum Gasteiger partial charge on any atom is -0.487 e. The Morgan fingerprint density at radius 2 is 2.10 bits per heavy atom. The summed E-state index contributed by atoms with van der Waals surface area (Å²) in [6.07, 6.45) is 6.65. The number of fused-ring (bicyclic) bond motifs is 1. The van der Waals surface area contributed by atoms with E-state index in [1.807, 2.05) is 0 Å². The highest BCUT2D eigenvalue weighted by atomic mass is 19.1. The van der Waals surface area contributed by atoms with Gasteiger partial charge < -0.3 is 10.5 Å². The molecular weight excluding hydrogens is 265 g/mol. The molecule has 1 aliphatic heterocycles. The Hall–Kier alpha value is -1.09. The van der Waals surface area contributed by atoms with Crippen LogP contribution in [-0.4, -0.2) is 5.60 Å². The van der Waals surface area contributed by atoms with Crippen LogP contribution in [0.2, 0.25) is 0 Å². The van der Waals surface area contributed by atoms with Crippen molar-refractivity contribution in [2.24, 2.45) is 17.6 Å². The van der Waals surface area contributed by atoms with Crippen molar-refractivity contribution in [3.63, 3.8) is 0 Å². The molecule has 2 unspecified atom stereocenters. The monoisotopic (exact) mass is 291 g/mol. The molecule has 1 aliphatic carbocycles. The SMILES string of the molecule is CC(C)C1CCCC2(CC1)C[C@@H](N)c1cc(F)ccc1O2. The Labute approximate surface area is 126 Å². The van der Waals surface area contributed by atoms with E-state index >= 15 is 0 Å². The molecule has 0 saturated heterocycles. The Balaban J connectivity index is 1.82. The molecule has 3 heteroatoms. The van der Waals surface area contributed by atoms with Crippen LogP contribution in [0.5, 0.6) is 5.75 Å². The van der Waals surface area contributed by atoms with Crippen LogP contribution in [0.3, 0.4) is 0 Å². The minimum absolute atomic E-state index is 0.111. The first-order valence-electron chi connectivity index (χ1n) is 8.23. The van der Waals surface area contributed by atoms with Crippen LogP contribution < -0.4 is 10.5 Å². The van der Waals surface area contributed by atoms with Crippen molar-refractivity contribution in [3.05, 3.63) is 29.6 Å². The van der Waals surface area contributed by atoms with Crippen LogP contribution in [0.1, 0.15) is 64.0 Å². The quantitative estimate of drug-likeness (QED) is 0.821. The van der Waals surface area contributed by atoms with Crippen LogP contribution >= 0.6 is 0 Å². The van der Waals surface area contributed by atoms with Crippen LogP contribution in [0.15, 0.2) is 18.2 Å². The maximum atomic E-state index is 13.4. The van der Waals surface area contributed by atoms with Crippen molar-refractivity contribution >= 4 is 0 Å². The normalized spacial score (nSPS) is 32.6. The molecule has 0 bridgehead atoms. The van der Waals surface area contributed by atoms with E-state index in [0.29, 0.717) is 0 Å². The van der Waals surface area contributed by atoms with Crippen LogP contribution in [0, 0.1) is 17.7 Å². The molecule has 1 saturated carbocycles. The number of hydrogen-bond donors (Lipinski definition) is 1. The maximum absolute atomic E-state index is 13.4. The number of nitrogens with two attached hydrogens (primary N) is 1. The lowest BCUT2D eigenvalue weighted by Gasteiger charge is -2.41. The molecule has 116 valence electrons. The third kappa shape index (κ3) is 2.94. The van der Waals surface area contributed by atoms with E-state index in [1.165, 1.54) is 31.4 Å². The summed E-state index contributed by atoms with van der Waals surface area (Å²) in [5.41, 5.74) is 7.01. The maximum Gasteiger partial charge on any atom is 0.125 e. The molecule has 0 aromatic heterocycles. The molecule has 3 rings (SSSR count). The summed E-state index contributed by atoms with van der Waals surface area (Å²) >= 11 is 0. The third-order valence-electron chi connectivity index (χ3n) is 5.41. The van der Waals surface area contributed by atoms with Gasteiger partial charge in [0, 0.05) is 18.0 Å².